The lowest BCUT2D eigenvalue weighted by molar-refractivity contribution is 0.0938. The van der Waals surface area contributed by atoms with E-state index in [4.69, 9.17) is 21.4 Å². The van der Waals surface area contributed by atoms with Crippen LogP contribution in [0.2, 0.25) is 5.02 Å². The van der Waals surface area contributed by atoms with Crippen LogP contribution >= 0.6 is 11.6 Å². The van der Waals surface area contributed by atoms with Crippen molar-refractivity contribution in [3.8, 4) is 0 Å². The molecule has 0 spiro atoms. The van der Waals surface area contributed by atoms with Crippen LogP contribution in [0.4, 0.5) is 0 Å². The Labute approximate surface area is 95.0 Å². The van der Waals surface area contributed by atoms with Crippen molar-refractivity contribution in [1.82, 2.24) is 5.32 Å². The van der Waals surface area contributed by atoms with E-state index in [-0.39, 0.29) is 6.61 Å². The molecule has 15 heavy (non-hydrogen) atoms. The molecule has 2 N–H and O–H groups in total. The van der Waals surface area contributed by atoms with Gasteiger partial charge in [0.05, 0.1) is 19.8 Å². The highest BCUT2D eigenvalue weighted by Crippen LogP contribution is 2.09. The van der Waals surface area contributed by atoms with E-state index >= 15 is 0 Å². The summed E-state index contributed by atoms with van der Waals surface area (Å²) in [5.41, 5.74) is 1.16. The van der Waals surface area contributed by atoms with Crippen LogP contribution in [0.3, 0.4) is 0 Å². The summed E-state index contributed by atoms with van der Waals surface area (Å²) in [5, 5.41) is 12.4. The number of aliphatic hydroxyl groups is 1. The van der Waals surface area contributed by atoms with Gasteiger partial charge in [-0.25, -0.2) is 0 Å². The van der Waals surface area contributed by atoms with Crippen molar-refractivity contribution in [2.45, 2.75) is 6.54 Å². The molecule has 0 aliphatic heterocycles. The van der Waals surface area contributed by atoms with E-state index in [1.165, 1.54) is 0 Å². The number of halogens is 1. The van der Waals surface area contributed by atoms with Gasteiger partial charge in [0, 0.05) is 18.1 Å². The van der Waals surface area contributed by atoms with Crippen LogP contribution in [0.15, 0.2) is 24.3 Å². The lowest BCUT2D eigenvalue weighted by Gasteiger charge is -2.05. The summed E-state index contributed by atoms with van der Waals surface area (Å²) >= 11 is 5.85. The molecule has 0 aliphatic carbocycles. The molecule has 0 aliphatic rings. The fourth-order valence-corrected chi connectivity index (χ4v) is 1.40. The highest BCUT2D eigenvalue weighted by atomic mass is 35.5. The molecular formula is C11H16ClNO2. The smallest absolute Gasteiger partial charge is 0.0698 e. The monoisotopic (exact) mass is 229 g/mol. The van der Waals surface area contributed by atoms with Gasteiger partial charge in [0.15, 0.2) is 0 Å². The van der Waals surface area contributed by atoms with Crippen molar-refractivity contribution in [2.24, 2.45) is 0 Å². The predicted molar refractivity (Wildman–Crippen MR) is 61.1 cm³/mol. The van der Waals surface area contributed by atoms with Gasteiger partial charge in [0.25, 0.3) is 0 Å². The number of nitrogens with one attached hydrogen (secondary N) is 1. The molecular weight excluding hydrogens is 214 g/mol. The van der Waals surface area contributed by atoms with Crippen LogP contribution < -0.4 is 5.32 Å². The van der Waals surface area contributed by atoms with Gasteiger partial charge in [-0.15, -0.1) is 0 Å². The van der Waals surface area contributed by atoms with Gasteiger partial charge >= 0.3 is 0 Å². The molecule has 0 radical (unpaired) electrons. The van der Waals surface area contributed by atoms with E-state index in [2.05, 4.69) is 5.32 Å². The number of hydrogen-bond donors (Lipinski definition) is 2. The number of ether oxygens (including phenoxy) is 1. The molecule has 0 bridgehead atoms. The standard InChI is InChI=1S/C11H16ClNO2/c12-11-3-1-2-10(8-11)9-13-4-6-15-7-5-14/h1-3,8,13-14H,4-7,9H2. The zero-order chi connectivity index (χ0) is 10.9. The van der Waals surface area contributed by atoms with Crippen LogP contribution in [0.25, 0.3) is 0 Å². The Balaban J connectivity index is 2.10. The maximum atomic E-state index is 8.47. The van der Waals surface area contributed by atoms with Gasteiger partial charge < -0.3 is 15.2 Å². The van der Waals surface area contributed by atoms with Gasteiger partial charge in [-0.05, 0) is 17.7 Å². The first kappa shape index (κ1) is 12.5. The van der Waals surface area contributed by atoms with E-state index < -0.39 is 0 Å². The number of aliphatic hydroxyl groups excluding tert-OH is 1. The minimum absolute atomic E-state index is 0.0777. The molecule has 0 heterocycles. The molecule has 0 fully saturated rings. The fraction of sp³-hybridized carbons (Fsp3) is 0.455. The summed E-state index contributed by atoms with van der Waals surface area (Å²) in [5.74, 6) is 0. The maximum absolute atomic E-state index is 8.47. The average Bonchev–Trinajstić information content (AvgIpc) is 2.23. The number of benzene rings is 1. The molecule has 1 rings (SSSR count). The molecule has 3 nitrogen and oxygen atoms in total. The highest BCUT2D eigenvalue weighted by Gasteiger charge is 1.93. The van der Waals surface area contributed by atoms with Gasteiger partial charge in [-0.1, -0.05) is 23.7 Å². The Hall–Kier alpha value is -0.610. The first-order chi connectivity index (χ1) is 7.33. The van der Waals surface area contributed by atoms with E-state index in [0.717, 1.165) is 23.7 Å². The number of hydrogen-bond acceptors (Lipinski definition) is 3. The zero-order valence-corrected chi connectivity index (χ0v) is 9.33. The minimum atomic E-state index is 0.0777. The molecule has 0 atom stereocenters. The molecule has 0 saturated heterocycles. The first-order valence-electron chi connectivity index (χ1n) is 4.96. The Morgan fingerprint density at radius 1 is 1.33 bits per heavy atom. The molecule has 4 heteroatoms. The highest BCUT2D eigenvalue weighted by molar-refractivity contribution is 6.30. The topological polar surface area (TPSA) is 41.5 Å². The SMILES string of the molecule is OCCOCCNCc1cccc(Cl)c1. The van der Waals surface area contributed by atoms with Crippen molar-refractivity contribution < 1.29 is 9.84 Å². The summed E-state index contributed by atoms with van der Waals surface area (Å²) in [7, 11) is 0. The van der Waals surface area contributed by atoms with Gasteiger partial charge in [-0.3, -0.25) is 0 Å². The van der Waals surface area contributed by atoms with E-state index in [0.29, 0.717) is 13.2 Å². The van der Waals surface area contributed by atoms with Gasteiger partial charge in [0.2, 0.25) is 0 Å². The second kappa shape index (κ2) is 7.65. The molecule has 0 aromatic heterocycles. The largest absolute Gasteiger partial charge is 0.394 e. The van der Waals surface area contributed by atoms with Crippen LogP contribution in [-0.4, -0.2) is 31.5 Å². The third-order valence-electron chi connectivity index (χ3n) is 1.88. The molecule has 1 aromatic carbocycles. The van der Waals surface area contributed by atoms with E-state index in [1.54, 1.807) is 0 Å². The summed E-state index contributed by atoms with van der Waals surface area (Å²) in [6.45, 7) is 2.64. The van der Waals surface area contributed by atoms with Crippen molar-refractivity contribution in [2.75, 3.05) is 26.4 Å². The quantitative estimate of drug-likeness (QED) is 0.696. The van der Waals surface area contributed by atoms with Gasteiger partial charge in [-0.2, -0.15) is 0 Å². The van der Waals surface area contributed by atoms with Crippen molar-refractivity contribution in [3.05, 3.63) is 34.9 Å². The normalized spacial score (nSPS) is 10.5. The van der Waals surface area contributed by atoms with Gasteiger partial charge in [0.1, 0.15) is 0 Å². The second-order valence-corrected chi connectivity index (χ2v) is 3.58. The second-order valence-electron chi connectivity index (χ2n) is 3.14. The lowest BCUT2D eigenvalue weighted by atomic mass is 10.2. The first-order valence-corrected chi connectivity index (χ1v) is 5.34. The zero-order valence-electron chi connectivity index (χ0n) is 8.58. The summed E-state index contributed by atoms with van der Waals surface area (Å²) in [6.07, 6.45) is 0. The maximum Gasteiger partial charge on any atom is 0.0698 e. The fourth-order valence-electron chi connectivity index (χ4n) is 1.19. The van der Waals surface area contributed by atoms with E-state index in [9.17, 15) is 0 Å². The molecule has 1 aromatic rings. The lowest BCUT2D eigenvalue weighted by Crippen LogP contribution is -2.19. The summed E-state index contributed by atoms with van der Waals surface area (Å²) in [4.78, 5) is 0. The van der Waals surface area contributed by atoms with Crippen molar-refractivity contribution in [3.63, 3.8) is 0 Å². The summed E-state index contributed by atoms with van der Waals surface area (Å²) in [6, 6.07) is 7.74. The molecule has 0 amide bonds. The Bertz CT molecular complexity index is 281. The van der Waals surface area contributed by atoms with Crippen LogP contribution in [0.5, 0.6) is 0 Å². The Morgan fingerprint density at radius 2 is 2.20 bits per heavy atom. The average molecular weight is 230 g/mol. The van der Waals surface area contributed by atoms with Crippen LogP contribution in [0, 0.1) is 0 Å². The van der Waals surface area contributed by atoms with Crippen molar-refractivity contribution in [1.29, 1.82) is 0 Å². The molecule has 84 valence electrons. The minimum Gasteiger partial charge on any atom is -0.394 e. The van der Waals surface area contributed by atoms with E-state index in [1.807, 2.05) is 24.3 Å². The van der Waals surface area contributed by atoms with Crippen LogP contribution in [-0.2, 0) is 11.3 Å². The van der Waals surface area contributed by atoms with Crippen LogP contribution in [0.1, 0.15) is 5.56 Å². The molecule has 0 unspecified atom stereocenters. The summed E-state index contributed by atoms with van der Waals surface area (Å²) < 4.78 is 5.11. The third kappa shape index (κ3) is 5.74. The van der Waals surface area contributed by atoms with Crippen molar-refractivity contribution >= 4 is 11.6 Å². The third-order valence-corrected chi connectivity index (χ3v) is 2.11. The predicted octanol–water partition coefficient (Wildman–Crippen LogP) is 1.44. The Morgan fingerprint density at radius 3 is 2.93 bits per heavy atom. The number of rotatable bonds is 7. The molecule has 0 saturated carbocycles. The Kier molecular flexibility index (Phi) is 6.36.